The number of carbonyl (C=O) groups excluding carboxylic acids is 1. The fourth-order valence-corrected chi connectivity index (χ4v) is 3.63. The van der Waals surface area contributed by atoms with Crippen LogP contribution in [0.25, 0.3) is 11.0 Å². The van der Waals surface area contributed by atoms with Gasteiger partial charge in [-0.2, -0.15) is 13.2 Å². The number of aromatic nitrogens is 2. The lowest BCUT2D eigenvalue weighted by Gasteiger charge is -2.26. The minimum absolute atomic E-state index is 0.207. The molecule has 0 unspecified atom stereocenters. The Morgan fingerprint density at radius 3 is 2.42 bits per heavy atom. The van der Waals surface area contributed by atoms with Crippen LogP contribution >= 0.6 is 0 Å². The van der Waals surface area contributed by atoms with Crippen LogP contribution in [-0.2, 0) is 35.3 Å². The van der Waals surface area contributed by atoms with Crippen LogP contribution < -0.4 is 5.32 Å². The molecule has 164 valence electrons. The molecule has 1 saturated heterocycles. The van der Waals surface area contributed by atoms with Gasteiger partial charge in [-0.3, -0.25) is 9.69 Å². The van der Waals surface area contributed by atoms with E-state index in [0.717, 1.165) is 48.5 Å². The molecule has 3 aromatic rings. The lowest BCUT2D eigenvalue weighted by Crippen LogP contribution is -2.35. The second-order valence-electron chi connectivity index (χ2n) is 7.49. The molecule has 0 aliphatic carbocycles. The zero-order valence-corrected chi connectivity index (χ0v) is 16.9. The highest BCUT2D eigenvalue weighted by molar-refractivity contribution is 5.81. The molecule has 1 amide bonds. The van der Waals surface area contributed by atoms with Gasteiger partial charge in [0.05, 0.1) is 24.2 Å². The second kappa shape index (κ2) is 9.07. The maximum absolute atomic E-state index is 13.4. The lowest BCUT2D eigenvalue weighted by molar-refractivity contribution is -0.147. The number of ether oxygens (including phenoxy) is 1. The number of carbonyl (C=O) groups is 1. The molecule has 1 aliphatic rings. The molecule has 0 bridgehead atoms. The van der Waals surface area contributed by atoms with Gasteiger partial charge in [-0.15, -0.1) is 0 Å². The molecule has 1 fully saturated rings. The van der Waals surface area contributed by atoms with Crippen molar-refractivity contribution in [3.8, 4) is 0 Å². The van der Waals surface area contributed by atoms with Crippen molar-refractivity contribution in [1.82, 2.24) is 19.8 Å². The van der Waals surface area contributed by atoms with Crippen molar-refractivity contribution in [2.24, 2.45) is 0 Å². The number of imidazole rings is 1. The zero-order chi connectivity index (χ0) is 21.8. The van der Waals surface area contributed by atoms with Crippen LogP contribution in [0.1, 0.15) is 17.0 Å². The van der Waals surface area contributed by atoms with E-state index in [-0.39, 0.29) is 17.6 Å². The van der Waals surface area contributed by atoms with Gasteiger partial charge in [0, 0.05) is 26.2 Å². The summed E-state index contributed by atoms with van der Waals surface area (Å²) in [6.07, 6.45) is -4.64. The van der Waals surface area contributed by atoms with E-state index >= 15 is 0 Å². The van der Waals surface area contributed by atoms with Crippen molar-refractivity contribution in [1.29, 1.82) is 0 Å². The van der Waals surface area contributed by atoms with Gasteiger partial charge in [0.1, 0.15) is 6.54 Å². The summed E-state index contributed by atoms with van der Waals surface area (Å²) in [7, 11) is 0. The van der Waals surface area contributed by atoms with Gasteiger partial charge in [-0.1, -0.05) is 36.4 Å². The van der Waals surface area contributed by atoms with E-state index in [9.17, 15) is 18.0 Å². The Morgan fingerprint density at radius 1 is 1.03 bits per heavy atom. The first-order valence-electron chi connectivity index (χ1n) is 10.1. The molecular formula is C22H23F3N4O2. The maximum Gasteiger partial charge on any atom is 0.449 e. The predicted octanol–water partition coefficient (Wildman–Crippen LogP) is 3.20. The molecule has 1 N–H and O–H groups in total. The van der Waals surface area contributed by atoms with Crippen molar-refractivity contribution in [3.63, 3.8) is 0 Å². The number of halogens is 3. The third-order valence-corrected chi connectivity index (χ3v) is 5.23. The van der Waals surface area contributed by atoms with Gasteiger partial charge in [-0.05, 0) is 23.3 Å². The quantitative estimate of drug-likeness (QED) is 0.650. The number of hydrogen-bond donors (Lipinski definition) is 1. The van der Waals surface area contributed by atoms with E-state index < -0.39 is 24.5 Å². The van der Waals surface area contributed by atoms with Crippen molar-refractivity contribution in [2.75, 3.05) is 26.3 Å². The highest BCUT2D eigenvalue weighted by Crippen LogP contribution is 2.31. The van der Waals surface area contributed by atoms with Gasteiger partial charge in [-0.25, -0.2) is 4.98 Å². The van der Waals surface area contributed by atoms with Crippen LogP contribution in [-0.4, -0.2) is 46.7 Å². The molecule has 0 radical (unpaired) electrons. The standard InChI is InChI=1S/C22H23F3N4O2/c23-22(24,25)21-27-18-3-1-2-4-19(18)29(21)15-20(30)26-13-16-5-7-17(8-6-16)14-28-9-11-31-12-10-28/h1-8H,9-15H2,(H,26,30). The van der Waals surface area contributed by atoms with Crippen LogP contribution in [0.15, 0.2) is 48.5 Å². The van der Waals surface area contributed by atoms with E-state index in [2.05, 4.69) is 15.2 Å². The van der Waals surface area contributed by atoms with E-state index in [0.29, 0.717) is 0 Å². The molecule has 6 nitrogen and oxygen atoms in total. The predicted molar refractivity (Wildman–Crippen MR) is 109 cm³/mol. The number of fused-ring (bicyclic) bond motifs is 1. The minimum Gasteiger partial charge on any atom is -0.379 e. The second-order valence-corrected chi connectivity index (χ2v) is 7.49. The van der Waals surface area contributed by atoms with E-state index in [4.69, 9.17) is 4.74 Å². The number of morpholine rings is 1. The highest BCUT2D eigenvalue weighted by atomic mass is 19.4. The number of benzene rings is 2. The number of para-hydroxylation sites is 2. The van der Waals surface area contributed by atoms with Gasteiger partial charge < -0.3 is 14.6 Å². The molecule has 2 aromatic carbocycles. The third kappa shape index (κ3) is 5.23. The Morgan fingerprint density at radius 2 is 1.71 bits per heavy atom. The Balaban J connectivity index is 1.37. The molecule has 2 heterocycles. The smallest absolute Gasteiger partial charge is 0.379 e. The summed E-state index contributed by atoms with van der Waals surface area (Å²) in [5.41, 5.74) is 2.53. The lowest BCUT2D eigenvalue weighted by atomic mass is 10.1. The number of amides is 1. The van der Waals surface area contributed by atoms with E-state index in [1.165, 1.54) is 12.1 Å². The van der Waals surface area contributed by atoms with Crippen LogP contribution in [0.4, 0.5) is 13.2 Å². The molecule has 9 heteroatoms. The topological polar surface area (TPSA) is 59.4 Å². The van der Waals surface area contributed by atoms with Crippen LogP contribution in [0, 0.1) is 0 Å². The first kappa shape index (κ1) is 21.3. The Labute approximate surface area is 177 Å². The summed E-state index contributed by atoms with van der Waals surface area (Å²) < 4.78 is 46.4. The zero-order valence-electron chi connectivity index (χ0n) is 16.9. The SMILES string of the molecule is O=C(Cn1c(C(F)(F)F)nc2ccccc21)NCc1ccc(CN2CCOCC2)cc1. The average Bonchev–Trinajstić information content (AvgIpc) is 3.13. The van der Waals surface area contributed by atoms with Crippen molar-refractivity contribution < 1.29 is 22.7 Å². The van der Waals surface area contributed by atoms with E-state index in [1.807, 2.05) is 24.3 Å². The number of nitrogens with zero attached hydrogens (tertiary/aromatic N) is 3. The molecule has 0 saturated carbocycles. The van der Waals surface area contributed by atoms with E-state index in [1.54, 1.807) is 12.1 Å². The Bertz CT molecular complexity index is 1040. The fraction of sp³-hybridized carbons (Fsp3) is 0.364. The molecule has 4 rings (SSSR count). The van der Waals surface area contributed by atoms with Crippen molar-refractivity contribution in [2.45, 2.75) is 25.8 Å². The summed E-state index contributed by atoms with van der Waals surface area (Å²) in [5, 5.41) is 2.70. The monoisotopic (exact) mass is 432 g/mol. The number of nitrogens with one attached hydrogen (secondary N) is 1. The highest BCUT2D eigenvalue weighted by Gasteiger charge is 2.37. The van der Waals surface area contributed by atoms with Crippen LogP contribution in [0.5, 0.6) is 0 Å². The summed E-state index contributed by atoms with van der Waals surface area (Å²) >= 11 is 0. The number of alkyl halides is 3. The van der Waals surface area contributed by atoms with Gasteiger partial charge in [0.25, 0.3) is 0 Å². The Hall–Kier alpha value is -2.91. The largest absolute Gasteiger partial charge is 0.449 e. The first-order valence-corrected chi connectivity index (χ1v) is 10.1. The maximum atomic E-state index is 13.4. The van der Waals surface area contributed by atoms with Gasteiger partial charge >= 0.3 is 6.18 Å². The summed E-state index contributed by atoms with van der Waals surface area (Å²) in [4.78, 5) is 18.4. The van der Waals surface area contributed by atoms with Crippen molar-refractivity contribution >= 4 is 16.9 Å². The van der Waals surface area contributed by atoms with Crippen LogP contribution in [0.3, 0.4) is 0 Å². The summed E-state index contributed by atoms with van der Waals surface area (Å²) in [6, 6.07) is 14.1. The van der Waals surface area contributed by atoms with Gasteiger partial charge in [0.15, 0.2) is 0 Å². The van der Waals surface area contributed by atoms with Gasteiger partial charge in [0.2, 0.25) is 11.7 Å². The third-order valence-electron chi connectivity index (χ3n) is 5.23. The minimum atomic E-state index is -4.64. The Kier molecular flexibility index (Phi) is 6.24. The molecule has 1 aliphatic heterocycles. The number of rotatable bonds is 6. The molecule has 0 spiro atoms. The molecule has 31 heavy (non-hydrogen) atoms. The molecular weight excluding hydrogens is 409 g/mol. The summed E-state index contributed by atoms with van der Waals surface area (Å²) in [6.45, 7) is 3.92. The average molecular weight is 432 g/mol. The fourth-order valence-electron chi connectivity index (χ4n) is 3.63. The molecule has 0 atom stereocenters. The summed E-state index contributed by atoms with van der Waals surface area (Å²) in [5.74, 6) is -1.58. The normalized spacial score (nSPS) is 15.3. The molecule has 1 aromatic heterocycles. The number of hydrogen-bond acceptors (Lipinski definition) is 4. The van der Waals surface area contributed by atoms with Crippen molar-refractivity contribution in [3.05, 3.63) is 65.5 Å². The van der Waals surface area contributed by atoms with Crippen LogP contribution in [0.2, 0.25) is 0 Å². The first-order chi connectivity index (χ1) is 14.9.